The molecule has 0 bridgehead atoms. The first kappa shape index (κ1) is 12.6. The standard InChI is InChI=1S/C16H19NO/c1-2-3-6-14-8-10-16(11-9-14)18-13-15-7-4-5-12-17-15/h4-5,7-12H,2-3,6,13H2,1H3. The second-order valence-corrected chi connectivity index (χ2v) is 4.36. The van der Waals surface area contributed by atoms with E-state index in [1.54, 1.807) is 6.20 Å². The van der Waals surface area contributed by atoms with Gasteiger partial charge in [0.05, 0.1) is 5.69 Å². The lowest BCUT2D eigenvalue weighted by atomic mass is 10.1. The van der Waals surface area contributed by atoms with Crippen LogP contribution in [0.1, 0.15) is 31.0 Å². The zero-order valence-electron chi connectivity index (χ0n) is 10.8. The van der Waals surface area contributed by atoms with E-state index >= 15 is 0 Å². The lowest BCUT2D eigenvalue weighted by Gasteiger charge is -2.06. The van der Waals surface area contributed by atoms with Crippen molar-refractivity contribution < 1.29 is 4.74 Å². The first-order valence-corrected chi connectivity index (χ1v) is 6.50. The smallest absolute Gasteiger partial charge is 0.130 e. The molecular weight excluding hydrogens is 222 g/mol. The van der Waals surface area contributed by atoms with Crippen molar-refractivity contribution in [1.29, 1.82) is 0 Å². The minimum atomic E-state index is 0.523. The molecule has 0 amide bonds. The summed E-state index contributed by atoms with van der Waals surface area (Å²) in [5.74, 6) is 0.904. The fourth-order valence-electron chi connectivity index (χ4n) is 1.77. The molecule has 0 aliphatic heterocycles. The summed E-state index contributed by atoms with van der Waals surface area (Å²) in [6, 6.07) is 14.2. The summed E-state index contributed by atoms with van der Waals surface area (Å²) in [5.41, 5.74) is 2.33. The molecule has 1 aromatic heterocycles. The molecule has 0 aliphatic rings. The molecule has 0 spiro atoms. The zero-order valence-corrected chi connectivity index (χ0v) is 10.8. The molecule has 2 heteroatoms. The summed E-state index contributed by atoms with van der Waals surface area (Å²) in [4.78, 5) is 4.23. The highest BCUT2D eigenvalue weighted by atomic mass is 16.5. The van der Waals surface area contributed by atoms with Gasteiger partial charge in [0.1, 0.15) is 12.4 Å². The number of aromatic nitrogens is 1. The number of aryl methyl sites for hydroxylation is 1. The quantitative estimate of drug-likeness (QED) is 0.762. The summed E-state index contributed by atoms with van der Waals surface area (Å²) in [5, 5.41) is 0. The largest absolute Gasteiger partial charge is 0.487 e. The lowest BCUT2D eigenvalue weighted by Crippen LogP contribution is -1.97. The van der Waals surface area contributed by atoms with Crippen molar-refractivity contribution in [2.45, 2.75) is 32.8 Å². The summed E-state index contributed by atoms with van der Waals surface area (Å²) in [7, 11) is 0. The van der Waals surface area contributed by atoms with Gasteiger partial charge >= 0.3 is 0 Å². The van der Waals surface area contributed by atoms with Crippen LogP contribution in [-0.2, 0) is 13.0 Å². The van der Waals surface area contributed by atoms with Gasteiger partial charge in [0.25, 0.3) is 0 Å². The molecule has 0 saturated heterocycles. The van der Waals surface area contributed by atoms with Gasteiger partial charge in [-0.2, -0.15) is 0 Å². The Bertz CT molecular complexity index is 450. The molecular formula is C16H19NO. The SMILES string of the molecule is CCCCc1ccc(OCc2ccccn2)cc1. The summed E-state index contributed by atoms with van der Waals surface area (Å²) < 4.78 is 5.69. The minimum absolute atomic E-state index is 0.523. The Labute approximate surface area is 109 Å². The van der Waals surface area contributed by atoms with Crippen LogP contribution in [0.25, 0.3) is 0 Å². The first-order chi connectivity index (χ1) is 8.88. The zero-order chi connectivity index (χ0) is 12.6. The van der Waals surface area contributed by atoms with Crippen molar-refractivity contribution in [2.24, 2.45) is 0 Å². The van der Waals surface area contributed by atoms with Gasteiger partial charge in [-0.1, -0.05) is 31.5 Å². The molecule has 2 aromatic rings. The van der Waals surface area contributed by atoms with Crippen molar-refractivity contribution in [3.8, 4) is 5.75 Å². The molecule has 0 saturated carbocycles. The summed E-state index contributed by atoms with van der Waals surface area (Å²) in [6.07, 6.45) is 5.41. The molecule has 18 heavy (non-hydrogen) atoms. The van der Waals surface area contributed by atoms with E-state index in [4.69, 9.17) is 4.74 Å². The monoisotopic (exact) mass is 241 g/mol. The topological polar surface area (TPSA) is 22.1 Å². The number of nitrogens with zero attached hydrogens (tertiary/aromatic N) is 1. The van der Waals surface area contributed by atoms with E-state index in [-0.39, 0.29) is 0 Å². The number of pyridine rings is 1. The van der Waals surface area contributed by atoms with E-state index in [0.717, 1.165) is 17.9 Å². The third kappa shape index (κ3) is 3.88. The number of hydrogen-bond acceptors (Lipinski definition) is 2. The number of hydrogen-bond donors (Lipinski definition) is 0. The maximum Gasteiger partial charge on any atom is 0.130 e. The van der Waals surface area contributed by atoms with Crippen LogP contribution in [0.15, 0.2) is 48.7 Å². The number of rotatable bonds is 6. The van der Waals surface area contributed by atoms with Gasteiger partial charge in [-0.3, -0.25) is 4.98 Å². The van der Waals surface area contributed by atoms with Crippen LogP contribution >= 0.6 is 0 Å². The van der Waals surface area contributed by atoms with Gasteiger partial charge in [-0.15, -0.1) is 0 Å². The van der Waals surface area contributed by atoms with Crippen molar-refractivity contribution in [1.82, 2.24) is 4.98 Å². The maximum atomic E-state index is 5.69. The molecule has 0 fully saturated rings. The Balaban J connectivity index is 1.86. The van der Waals surface area contributed by atoms with Gasteiger partial charge in [-0.05, 0) is 42.7 Å². The molecule has 0 aliphatic carbocycles. The van der Waals surface area contributed by atoms with E-state index in [1.165, 1.54) is 18.4 Å². The molecule has 0 atom stereocenters. The third-order valence-electron chi connectivity index (χ3n) is 2.86. The van der Waals surface area contributed by atoms with E-state index in [0.29, 0.717) is 6.61 Å². The van der Waals surface area contributed by atoms with Gasteiger partial charge in [0.15, 0.2) is 0 Å². The predicted octanol–water partition coefficient (Wildman–Crippen LogP) is 4.00. The molecule has 0 radical (unpaired) electrons. The molecule has 2 nitrogen and oxygen atoms in total. The average molecular weight is 241 g/mol. The van der Waals surface area contributed by atoms with Crippen LogP contribution in [0.5, 0.6) is 5.75 Å². The Morgan fingerprint density at radius 3 is 2.56 bits per heavy atom. The van der Waals surface area contributed by atoms with E-state index in [9.17, 15) is 0 Å². The normalized spacial score (nSPS) is 10.3. The average Bonchev–Trinajstić information content (AvgIpc) is 2.45. The summed E-state index contributed by atoms with van der Waals surface area (Å²) >= 11 is 0. The van der Waals surface area contributed by atoms with Gasteiger partial charge in [-0.25, -0.2) is 0 Å². The fraction of sp³-hybridized carbons (Fsp3) is 0.312. The van der Waals surface area contributed by atoms with Gasteiger partial charge in [0, 0.05) is 6.20 Å². The predicted molar refractivity (Wildman–Crippen MR) is 73.6 cm³/mol. The molecule has 94 valence electrons. The highest BCUT2D eigenvalue weighted by Crippen LogP contribution is 2.15. The van der Waals surface area contributed by atoms with E-state index < -0.39 is 0 Å². The third-order valence-corrected chi connectivity index (χ3v) is 2.86. The summed E-state index contributed by atoms with van der Waals surface area (Å²) in [6.45, 7) is 2.74. The van der Waals surface area contributed by atoms with Gasteiger partial charge < -0.3 is 4.74 Å². The van der Waals surface area contributed by atoms with Crippen LogP contribution in [0.3, 0.4) is 0 Å². The Morgan fingerprint density at radius 2 is 1.89 bits per heavy atom. The Kier molecular flexibility index (Phi) is 4.77. The Hall–Kier alpha value is -1.83. The first-order valence-electron chi connectivity index (χ1n) is 6.50. The number of benzene rings is 1. The van der Waals surface area contributed by atoms with Gasteiger partial charge in [0.2, 0.25) is 0 Å². The molecule has 0 N–H and O–H groups in total. The molecule has 0 unspecified atom stereocenters. The minimum Gasteiger partial charge on any atom is -0.487 e. The lowest BCUT2D eigenvalue weighted by molar-refractivity contribution is 0.301. The van der Waals surface area contributed by atoms with E-state index in [1.807, 2.05) is 30.3 Å². The van der Waals surface area contributed by atoms with Crippen molar-refractivity contribution in [2.75, 3.05) is 0 Å². The molecule has 2 rings (SSSR count). The second kappa shape index (κ2) is 6.80. The number of ether oxygens (including phenoxy) is 1. The maximum absolute atomic E-state index is 5.69. The molecule has 1 heterocycles. The van der Waals surface area contributed by atoms with Crippen LogP contribution in [0, 0.1) is 0 Å². The van der Waals surface area contributed by atoms with Crippen LogP contribution in [-0.4, -0.2) is 4.98 Å². The van der Waals surface area contributed by atoms with Crippen molar-refractivity contribution in [3.63, 3.8) is 0 Å². The van der Waals surface area contributed by atoms with Crippen LogP contribution in [0.4, 0.5) is 0 Å². The van der Waals surface area contributed by atoms with E-state index in [2.05, 4.69) is 24.0 Å². The highest BCUT2D eigenvalue weighted by Gasteiger charge is 1.97. The molecule has 1 aromatic carbocycles. The Morgan fingerprint density at radius 1 is 1.06 bits per heavy atom. The van der Waals surface area contributed by atoms with Crippen LogP contribution in [0.2, 0.25) is 0 Å². The van der Waals surface area contributed by atoms with Crippen molar-refractivity contribution in [3.05, 3.63) is 59.9 Å². The highest BCUT2D eigenvalue weighted by molar-refractivity contribution is 5.27. The second-order valence-electron chi connectivity index (χ2n) is 4.36. The van der Waals surface area contributed by atoms with Crippen molar-refractivity contribution >= 4 is 0 Å². The number of unbranched alkanes of at least 4 members (excludes halogenated alkanes) is 1. The fourth-order valence-corrected chi connectivity index (χ4v) is 1.77. The van der Waals surface area contributed by atoms with Crippen LogP contribution < -0.4 is 4.74 Å².